The van der Waals surface area contributed by atoms with Crippen LogP contribution in [0.1, 0.15) is 11.3 Å². The summed E-state index contributed by atoms with van der Waals surface area (Å²) in [7, 11) is 0. The lowest BCUT2D eigenvalue weighted by Gasteiger charge is -2.02. The second kappa shape index (κ2) is 3.87. The van der Waals surface area contributed by atoms with Crippen LogP contribution in [0.5, 0.6) is 0 Å². The molecule has 0 saturated carbocycles. The van der Waals surface area contributed by atoms with Crippen LogP contribution < -0.4 is 0 Å². The van der Waals surface area contributed by atoms with E-state index in [2.05, 4.69) is 9.97 Å². The van der Waals surface area contributed by atoms with Crippen LogP contribution in [0.25, 0.3) is 11.4 Å². The van der Waals surface area contributed by atoms with Crippen LogP contribution in [0, 0.1) is 19.7 Å². The number of nitrogens with zero attached hydrogens (tertiary/aromatic N) is 2. The van der Waals surface area contributed by atoms with Gasteiger partial charge in [0.05, 0.1) is 5.69 Å². The zero-order valence-electron chi connectivity index (χ0n) is 8.21. The molecule has 15 heavy (non-hydrogen) atoms. The first-order chi connectivity index (χ1) is 7.09. The highest BCUT2D eigenvalue weighted by atomic mass is 35.5. The van der Waals surface area contributed by atoms with Gasteiger partial charge in [0, 0.05) is 10.9 Å². The molecule has 0 amide bonds. The Labute approximate surface area is 95.8 Å². The average molecular weight is 243 g/mol. The van der Waals surface area contributed by atoms with Gasteiger partial charge < -0.3 is 0 Å². The third kappa shape index (κ3) is 1.87. The molecule has 2 rings (SSSR count). The number of aryl methyl sites for hydroxylation is 2. The second-order valence-corrected chi connectivity index (χ2v) is 4.31. The van der Waals surface area contributed by atoms with E-state index in [1.54, 1.807) is 18.3 Å². The lowest BCUT2D eigenvalue weighted by atomic mass is 10.2. The molecule has 78 valence electrons. The van der Waals surface area contributed by atoms with Gasteiger partial charge in [0.25, 0.3) is 0 Å². The van der Waals surface area contributed by atoms with Gasteiger partial charge in [-0.1, -0.05) is 11.6 Å². The van der Waals surface area contributed by atoms with Crippen LogP contribution in [-0.4, -0.2) is 9.97 Å². The molecule has 0 spiro atoms. The van der Waals surface area contributed by atoms with Gasteiger partial charge in [0.1, 0.15) is 0 Å². The molecule has 0 radical (unpaired) electrons. The fourth-order valence-electron chi connectivity index (χ4n) is 1.23. The first-order valence-corrected chi connectivity index (χ1v) is 5.64. The van der Waals surface area contributed by atoms with Gasteiger partial charge in [-0.05, 0) is 24.8 Å². The Hall–Kier alpha value is -1.00. The predicted molar refractivity (Wildman–Crippen MR) is 59.8 cm³/mol. The smallest absolute Gasteiger partial charge is 0.181 e. The summed E-state index contributed by atoms with van der Waals surface area (Å²) in [4.78, 5) is 8.00. The van der Waals surface area contributed by atoms with Gasteiger partial charge >= 0.3 is 0 Å². The van der Waals surface area contributed by atoms with E-state index in [0.29, 0.717) is 5.82 Å². The molecular weight excluding hydrogens is 235 g/mol. The molecule has 0 unspecified atom stereocenters. The van der Waals surface area contributed by atoms with Crippen LogP contribution in [0.15, 0.2) is 10.8 Å². The van der Waals surface area contributed by atoms with Crippen molar-refractivity contribution in [3.8, 4) is 11.4 Å². The van der Waals surface area contributed by atoms with Crippen molar-refractivity contribution in [2.24, 2.45) is 0 Å². The number of halogens is 2. The maximum Gasteiger partial charge on any atom is 0.181 e. The van der Waals surface area contributed by atoms with E-state index >= 15 is 0 Å². The quantitative estimate of drug-likeness (QED) is 0.714. The Bertz CT molecular complexity index is 487. The molecule has 0 aliphatic rings. The minimum Gasteiger partial charge on any atom is -0.230 e. The summed E-state index contributed by atoms with van der Waals surface area (Å²) in [5, 5.41) is 3.80. The molecule has 2 heterocycles. The van der Waals surface area contributed by atoms with E-state index in [-0.39, 0.29) is 10.8 Å². The van der Waals surface area contributed by atoms with E-state index in [9.17, 15) is 4.39 Å². The molecule has 0 aliphatic heterocycles. The number of aromatic nitrogens is 2. The number of rotatable bonds is 1. The normalized spacial score (nSPS) is 10.7. The van der Waals surface area contributed by atoms with Gasteiger partial charge in [-0.2, -0.15) is 11.3 Å². The van der Waals surface area contributed by atoms with Crippen molar-refractivity contribution in [2.75, 3.05) is 0 Å². The van der Waals surface area contributed by atoms with Crippen molar-refractivity contribution >= 4 is 22.9 Å². The van der Waals surface area contributed by atoms with Gasteiger partial charge in [0.15, 0.2) is 16.8 Å². The highest BCUT2D eigenvalue weighted by molar-refractivity contribution is 7.08. The van der Waals surface area contributed by atoms with Crippen LogP contribution in [0.4, 0.5) is 4.39 Å². The Balaban J connectivity index is 2.60. The zero-order chi connectivity index (χ0) is 11.0. The van der Waals surface area contributed by atoms with E-state index in [4.69, 9.17) is 11.6 Å². The summed E-state index contributed by atoms with van der Waals surface area (Å²) in [6.45, 7) is 3.54. The molecule has 0 bridgehead atoms. The molecule has 0 atom stereocenters. The monoisotopic (exact) mass is 242 g/mol. The molecular formula is C10H8ClFN2S. The van der Waals surface area contributed by atoms with Crippen LogP contribution >= 0.6 is 22.9 Å². The highest BCUT2D eigenvalue weighted by Gasteiger charge is 2.12. The minimum absolute atomic E-state index is 0.122. The van der Waals surface area contributed by atoms with Gasteiger partial charge in [0.2, 0.25) is 0 Å². The van der Waals surface area contributed by atoms with Gasteiger partial charge in [-0.25, -0.2) is 14.4 Å². The first kappa shape index (κ1) is 10.5. The third-order valence-electron chi connectivity index (χ3n) is 2.07. The summed E-state index contributed by atoms with van der Waals surface area (Å²) < 4.78 is 13.2. The van der Waals surface area contributed by atoms with Crippen molar-refractivity contribution in [3.63, 3.8) is 0 Å². The fourth-order valence-corrected chi connectivity index (χ4v) is 2.28. The van der Waals surface area contributed by atoms with Crippen LogP contribution in [0.2, 0.25) is 5.15 Å². The SMILES string of the molecule is Cc1cscc1-c1nc(C)c(F)c(Cl)n1. The minimum atomic E-state index is -0.548. The van der Waals surface area contributed by atoms with Crippen molar-refractivity contribution in [1.82, 2.24) is 9.97 Å². The Morgan fingerprint density at radius 2 is 2.00 bits per heavy atom. The molecule has 5 heteroatoms. The number of thiophene rings is 1. The average Bonchev–Trinajstić information content (AvgIpc) is 2.60. The third-order valence-corrected chi connectivity index (χ3v) is 3.18. The summed E-state index contributed by atoms with van der Waals surface area (Å²) in [5.74, 6) is -0.0639. The maximum absolute atomic E-state index is 13.2. The zero-order valence-corrected chi connectivity index (χ0v) is 9.79. The molecule has 2 aromatic rings. The van der Waals surface area contributed by atoms with Crippen LogP contribution in [0.3, 0.4) is 0 Å². The van der Waals surface area contributed by atoms with Gasteiger partial charge in [-0.3, -0.25) is 0 Å². The summed E-state index contributed by atoms with van der Waals surface area (Å²) in [6.07, 6.45) is 0. The van der Waals surface area contributed by atoms with Gasteiger partial charge in [-0.15, -0.1) is 0 Å². The van der Waals surface area contributed by atoms with Crippen molar-refractivity contribution in [1.29, 1.82) is 0 Å². The summed E-state index contributed by atoms with van der Waals surface area (Å²) >= 11 is 7.23. The van der Waals surface area contributed by atoms with Crippen LogP contribution in [-0.2, 0) is 0 Å². The standard InChI is InChI=1S/C10H8ClFN2S/c1-5-3-15-4-7(5)10-13-6(2)8(12)9(11)14-10/h3-4H,1-2H3. The van der Waals surface area contributed by atoms with E-state index in [1.165, 1.54) is 0 Å². The number of hydrogen-bond donors (Lipinski definition) is 0. The summed E-state index contributed by atoms with van der Waals surface area (Å²) in [5.41, 5.74) is 2.25. The Kier molecular flexibility index (Phi) is 2.71. The Morgan fingerprint density at radius 1 is 1.27 bits per heavy atom. The molecule has 0 aromatic carbocycles. The van der Waals surface area contributed by atoms with Crippen molar-refractivity contribution < 1.29 is 4.39 Å². The molecule has 0 aliphatic carbocycles. The molecule has 0 N–H and O–H groups in total. The number of hydrogen-bond acceptors (Lipinski definition) is 3. The molecule has 0 fully saturated rings. The largest absolute Gasteiger partial charge is 0.230 e. The van der Waals surface area contributed by atoms with E-state index in [1.807, 2.05) is 17.7 Å². The summed E-state index contributed by atoms with van der Waals surface area (Å²) in [6, 6.07) is 0. The van der Waals surface area contributed by atoms with E-state index in [0.717, 1.165) is 11.1 Å². The van der Waals surface area contributed by atoms with Crippen molar-refractivity contribution in [3.05, 3.63) is 33.0 Å². The van der Waals surface area contributed by atoms with Crippen molar-refractivity contribution in [2.45, 2.75) is 13.8 Å². The maximum atomic E-state index is 13.2. The molecule has 2 nitrogen and oxygen atoms in total. The van der Waals surface area contributed by atoms with E-state index < -0.39 is 5.82 Å². The Morgan fingerprint density at radius 3 is 2.53 bits per heavy atom. The first-order valence-electron chi connectivity index (χ1n) is 4.32. The molecule has 2 aromatic heterocycles. The fraction of sp³-hybridized carbons (Fsp3) is 0.200. The highest BCUT2D eigenvalue weighted by Crippen LogP contribution is 2.26. The lowest BCUT2D eigenvalue weighted by Crippen LogP contribution is -1.97. The second-order valence-electron chi connectivity index (χ2n) is 3.21. The lowest BCUT2D eigenvalue weighted by molar-refractivity contribution is 0.603. The molecule has 0 saturated heterocycles. The predicted octanol–water partition coefficient (Wildman–Crippen LogP) is 3.61. The topological polar surface area (TPSA) is 25.8 Å².